The summed E-state index contributed by atoms with van der Waals surface area (Å²) in [5, 5.41) is 9.32. The number of hydrogen-bond acceptors (Lipinski definition) is 4. The standard InChI is InChI=1S/C21H22FN3O/c22-18-6-3-7-20(17(18)12-24)26-21-16-5-2-1-4-15(16)10-19(21)25-9-8-14(11-23)13-25/h1-7,14,19,21H,8-11,13,23H2/t14-,19?,21-/m1/s1. The molecule has 4 nitrogen and oxygen atoms in total. The quantitative estimate of drug-likeness (QED) is 0.920. The molecule has 1 unspecified atom stereocenters. The fraction of sp³-hybridized carbons (Fsp3) is 0.381. The fourth-order valence-corrected chi connectivity index (χ4v) is 4.20. The van der Waals surface area contributed by atoms with Crippen LogP contribution >= 0.6 is 0 Å². The van der Waals surface area contributed by atoms with Crippen LogP contribution in [-0.4, -0.2) is 30.6 Å². The summed E-state index contributed by atoms with van der Waals surface area (Å²) in [4.78, 5) is 2.44. The number of hydrogen-bond donors (Lipinski definition) is 1. The Kier molecular flexibility index (Phi) is 4.62. The van der Waals surface area contributed by atoms with Crippen molar-refractivity contribution in [3.05, 3.63) is 65.0 Å². The summed E-state index contributed by atoms with van der Waals surface area (Å²) in [6, 6.07) is 14.9. The zero-order chi connectivity index (χ0) is 18.1. The number of ether oxygens (including phenoxy) is 1. The summed E-state index contributed by atoms with van der Waals surface area (Å²) in [5.74, 6) is 0.286. The van der Waals surface area contributed by atoms with Crippen molar-refractivity contribution in [2.45, 2.75) is 25.0 Å². The summed E-state index contributed by atoms with van der Waals surface area (Å²) in [7, 11) is 0. The van der Waals surface area contributed by atoms with E-state index >= 15 is 0 Å². The third-order valence-corrected chi connectivity index (χ3v) is 5.60. The first kappa shape index (κ1) is 17.0. The van der Waals surface area contributed by atoms with Gasteiger partial charge in [-0.05, 0) is 55.1 Å². The van der Waals surface area contributed by atoms with Crippen LogP contribution in [0.1, 0.15) is 29.2 Å². The van der Waals surface area contributed by atoms with Crippen molar-refractivity contribution in [1.82, 2.24) is 4.90 Å². The minimum Gasteiger partial charge on any atom is -0.483 e. The van der Waals surface area contributed by atoms with Crippen LogP contribution in [0.15, 0.2) is 42.5 Å². The minimum absolute atomic E-state index is 0.0307. The molecule has 0 radical (unpaired) electrons. The molecule has 2 aliphatic rings. The van der Waals surface area contributed by atoms with Crippen LogP contribution in [-0.2, 0) is 6.42 Å². The lowest BCUT2D eigenvalue weighted by molar-refractivity contribution is 0.0912. The number of nitriles is 1. The van der Waals surface area contributed by atoms with Gasteiger partial charge in [-0.15, -0.1) is 0 Å². The molecule has 0 bridgehead atoms. The summed E-state index contributed by atoms with van der Waals surface area (Å²) in [6.45, 7) is 2.65. The van der Waals surface area contributed by atoms with E-state index in [0.29, 0.717) is 18.2 Å². The van der Waals surface area contributed by atoms with Gasteiger partial charge in [0.1, 0.15) is 29.3 Å². The van der Waals surface area contributed by atoms with Crippen LogP contribution < -0.4 is 10.5 Å². The molecule has 1 fully saturated rings. The van der Waals surface area contributed by atoms with Crippen molar-refractivity contribution < 1.29 is 9.13 Å². The summed E-state index contributed by atoms with van der Waals surface area (Å²) < 4.78 is 20.3. The second-order valence-corrected chi connectivity index (χ2v) is 7.12. The number of nitrogens with zero attached hydrogens (tertiary/aromatic N) is 2. The van der Waals surface area contributed by atoms with E-state index in [-0.39, 0.29) is 17.7 Å². The van der Waals surface area contributed by atoms with Gasteiger partial charge in [-0.2, -0.15) is 5.26 Å². The predicted molar refractivity (Wildman–Crippen MR) is 97.2 cm³/mol. The first-order valence-electron chi connectivity index (χ1n) is 9.08. The Balaban J connectivity index is 1.67. The van der Waals surface area contributed by atoms with Gasteiger partial charge in [-0.25, -0.2) is 4.39 Å². The van der Waals surface area contributed by atoms with Gasteiger partial charge in [-0.1, -0.05) is 30.3 Å². The van der Waals surface area contributed by atoms with E-state index in [0.717, 1.165) is 31.5 Å². The molecule has 3 atom stereocenters. The molecule has 1 aliphatic heterocycles. The van der Waals surface area contributed by atoms with E-state index in [2.05, 4.69) is 17.0 Å². The highest BCUT2D eigenvalue weighted by atomic mass is 19.1. The number of benzene rings is 2. The van der Waals surface area contributed by atoms with Gasteiger partial charge in [0.25, 0.3) is 0 Å². The Morgan fingerprint density at radius 3 is 2.85 bits per heavy atom. The van der Waals surface area contributed by atoms with Gasteiger partial charge in [0.15, 0.2) is 0 Å². The molecular formula is C21H22FN3O. The van der Waals surface area contributed by atoms with Gasteiger partial charge in [0, 0.05) is 6.54 Å². The van der Waals surface area contributed by atoms with Crippen molar-refractivity contribution in [3.63, 3.8) is 0 Å². The average Bonchev–Trinajstić information content (AvgIpc) is 3.27. The molecule has 0 amide bonds. The molecule has 0 saturated carbocycles. The summed E-state index contributed by atoms with van der Waals surface area (Å²) in [6.07, 6.45) is 1.78. The maximum Gasteiger partial charge on any atom is 0.144 e. The van der Waals surface area contributed by atoms with Crippen LogP contribution in [0, 0.1) is 23.1 Å². The molecule has 2 aromatic carbocycles. The van der Waals surface area contributed by atoms with Crippen molar-refractivity contribution >= 4 is 0 Å². The lowest BCUT2D eigenvalue weighted by atomic mass is 10.1. The van der Waals surface area contributed by atoms with Crippen LogP contribution in [0.5, 0.6) is 5.75 Å². The number of fused-ring (bicyclic) bond motifs is 1. The third-order valence-electron chi connectivity index (χ3n) is 5.60. The van der Waals surface area contributed by atoms with Crippen LogP contribution in [0.3, 0.4) is 0 Å². The maximum atomic E-state index is 14.0. The Morgan fingerprint density at radius 1 is 1.23 bits per heavy atom. The zero-order valence-corrected chi connectivity index (χ0v) is 14.6. The van der Waals surface area contributed by atoms with Gasteiger partial charge < -0.3 is 10.5 Å². The molecule has 2 N–H and O–H groups in total. The molecule has 0 aromatic heterocycles. The second-order valence-electron chi connectivity index (χ2n) is 7.12. The Bertz CT molecular complexity index is 847. The average molecular weight is 351 g/mol. The molecule has 0 spiro atoms. The van der Waals surface area contributed by atoms with Crippen LogP contribution in [0.4, 0.5) is 4.39 Å². The molecule has 26 heavy (non-hydrogen) atoms. The van der Waals surface area contributed by atoms with Crippen molar-refractivity contribution in [2.24, 2.45) is 11.7 Å². The lowest BCUT2D eigenvalue weighted by Gasteiger charge is -2.30. The number of rotatable bonds is 4. The van der Waals surface area contributed by atoms with Crippen LogP contribution in [0.25, 0.3) is 0 Å². The van der Waals surface area contributed by atoms with Crippen LogP contribution in [0.2, 0.25) is 0 Å². The SMILES string of the molecule is N#Cc1c(F)cccc1O[C@@H]1c2ccccc2CC1N1CC[C@H](CN)C1. The van der Waals surface area contributed by atoms with E-state index < -0.39 is 5.82 Å². The molecule has 1 heterocycles. The first-order chi connectivity index (χ1) is 12.7. The number of halogens is 1. The van der Waals surface area contributed by atoms with Crippen molar-refractivity contribution in [3.8, 4) is 11.8 Å². The van der Waals surface area contributed by atoms with Gasteiger partial charge in [0.2, 0.25) is 0 Å². The molecule has 4 rings (SSSR count). The van der Waals surface area contributed by atoms with E-state index in [1.54, 1.807) is 12.1 Å². The minimum atomic E-state index is -0.544. The monoisotopic (exact) mass is 351 g/mol. The summed E-state index contributed by atoms with van der Waals surface area (Å²) >= 11 is 0. The van der Waals surface area contributed by atoms with Gasteiger partial charge in [0.05, 0.1) is 6.04 Å². The summed E-state index contributed by atoms with van der Waals surface area (Å²) in [5.41, 5.74) is 8.21. The van der Waals surface area contributed by atoms with E-state index in [1.165, 1.54) is 11.6 Å². The Morgan fingerprint density at radius 2 is 2.08 bits per heavy atom. The molecule has 5 heteroatoms. The smallest absolute Gasteiger partial charge is 0.144 e. The van der Waals surface area contributed by atoms with Gasteiger partial charge >= 0.3 is 0 Å². The van der Waals surface area contributed by atoms with E-state index in [1.807, 2.05) is 18.2 Å². The number of likely N-dealkylation sites (tertiary alicyclic amines) is 1. The Hall–Kier alpha value is -2.42. The van der Waals surface area contributed by atoms with Crippen molar-refractivity contribution in [1.29, 1.82) is 5.26 Å². The highest BCUT2D eigenvalue weighted by Gasteiger charge is 2.40. The Labute approximate surface area is 153 Å². The fourth-order valence-electron chi connectivity index (χ4n) is 4.20. The van der Waals surface area contributed by atoms with E-state index in [9.17, 15) is 9.65 Å². The maximum absolute atomic E-state index is 14.0. The third kappa shape index (κ3) is 2.96. The second kappa shape index (κ2) is 7.06. The van der Waals surface area contributed by atoms with Crippen molar-refractivity contribution in [2.75, 3.05) is 19.6 Å². The molecule has 1 saturated heterocycles. The zero-order valence-electron chi connectivity index (χ0n) is 14.6. The topological polar surface area (TPSA) is 62.3 Å². The molecule has 134 valence electrons. The number of nitrogens with two attached hydrogens (primary N) is 1. The molecule has 2 aromatic rings. The molecule has 1 aliphatic carbocycles. The highest BCUT2D eigenvalue weighted by molar-refractivity contribution is 5.45. The largest absolute Gasteiger partial charge is 0.483 e. The highest BCUT2D eigenvalue weighted by Crippen LogP contribution is 2.40. The normalized spacial score (nSPS) is 25.0. The first-order valence-corrected chi connectivity index (χ1v) is 9.08. The lowest BCUT2D eigenvalue weighted by Crippen LogP contribution is -2.39. The van der Waals surface area contributed by atoms with Gasteiger partial charge in [-0.3, -0.25) is 4.90 Å². The van der Waals surface area contributed by atoms with E-state index in [4.69, 9.17) is 10.5 Å². The molecular weight excluding hydrogens is 329 g/mol. The predicted octanol–water partition coefficient (Wildman–Crippen LogP) is 3.02.